The van der Waals surface area contributed by atoms with Gasteiger partial charge in [0.2, 0.25) is 11.7 Å². The molecule has 0 saturated heterocycles. The van der Waals surface area contributed by atoms with E-state index in [9.17, 15) is 22.0 Å². The minimum Gasteiger partial charge on any atom is -0.492 e. The average Bonchev–Trinajstić information content (AvgIpc) is 3.22. The molecule has 2 aromatic heterocycles. The van der Waals surface area contributed by atoms with Crippen LogP contribution in [0.4, 0.5) is 22.0 Å². The highest BCUT2D eigenvalue weighted by molar-refractivity contribution is 9.10. The number of alkyl halides is 5. The van der Waals surface area contributed by atoms with Crippen molar-refractivity contribution in [3.63, 3.8) is 0 Å². The van der Waals surface area contributed by atoms with E-state index in [0.29, 0.717) is 51.6 Å². The fourth-order valence-electron chi connectivity index (χ4n) is 4.14. The molecule has 3 aromatic rings. The summed E-state index contributed by atoms with van der Waals surface area (Å²) in [4.78, 5) is 11.2. The van der Waals surface area contributed by atoms with E-state index in [1.807, 2.05) is 0 Å². The van der Waals surface area contributed by atoms with Gasteiger partial charge in [-0.25, -0.2) is 13.8 Å². The number of ether oxygens (including phenoxy) is 3. The van der Waals surface area contributed by atoms with Gasteiger partial charge in [0.1, 0.15) is 22.7 Å². The number of benzene rings is 1. The third kappa shape index (κ3) is 5.58. The summed E-state index contributed by atoms with van der Waals surface area (Å²) in [5.74, 6) is -1.21. The van der Waals surface area contributed by atoms with E-state index >= 15 is 0 Å². The molecular formula is C24H23BrF5N3O3. The number of pyridine rings is 1. The van der Waals surface area contributed by atoms with Crippen molar-refractivity contribution in [2.24, 2.45) is 0 Å². The number of nitrogens with zero attached hydrogens (tertiary/aromatic N) is 2. The minimum absolute atomic E-state index is 0.0474. The lowest BCUT2D eigenvalue weighted by atomic mass is 9.86. The van der Waals surface area contributed by atoms with Gasteiger partial charge in [0.05, 0.1) is 19.9 Å². The highest BCUT2D eigenvalue weighted by Crippen LogP contribution is 2.47. The second-order valence-electron chi connectivity index (χ2n) is 8.43. The molecule has 1 aliphatic rings. The topological polar surface area (TPSA) is 69.3 Å². The normalized spacial score (nSPS) is 16.1. The average molecular weight is 576 g/mol. The van der Waals surface area contributed by atoms with Gasteiger partial charge < -0.3 is 19.2 Å². The largest absolute Gasteiger partial charge is 0.492 e. The van der Waals surface area contributed by atoms with Crippen LogP contribution in [0.3, 0.4) is 0 Å². The molecule has 1 N–H and O–H groups in total. The fourth-order valence-corrected chi connectivity index (χ4v) is 4.65. The van der Waals surface area contributed by atoms with Gasteiger partial charge in [0.25, 0.3) is 0 Å². The third-order valence-electron chi connectivity index (χ3n) is 6.04. The molecule has 12 heteroatoms. The van der Waals surface area contributed by atoms with E-state index in [1.54, 1.807) is 12.1 Å². The van der Waals surface area contributed by atoms with Gasteiger partial charge in [-0.15, -0.1) is 0 Å². The first-order valence-electron chi connectivity index (χ1n) is 11.1. The van der Waals surface area contributed by atoms with Crippen LogP contribution in [-0.4, -0.2) is 35.1 Å². The summed E-state index contributed by atoms with van der Waals surface area (Å²) >= 11 is 3.45. The molecule has 0 atom stereocenters. The number of nitrogens with one attached hydrogen (secondary N) is 1. The highest BCUT2D eigenvalue weighted by Gasteiger charge is 2.37. The maximum absolute atomic E-state index is 13.6. The molecule has 4 rings (SSSR count). The number of aromatic amines is 1. The Morgan fingerprint density at radius 1 is 1.06 bits per heavy atom. The molecule has 0 radical (unpaired) electrons. The Morgan fingerprint density at radius 2 is 1.75 bits per heavy atom. The van der Waals surface area contributed by atoms with Gasteiger partial charge >= 0.3 is 6.18 Å². The van der Waals surface area contributed by atoms with Crippen LogP contribution in [0.5, 0.6) is 17.2 Å². The van der Waals surface area contributed by atoms with Crippen LogP contribution in [0.25, 0.3) is 11.3 Å². The summed E-state index contributed by atoms with van der Waals surface area (Å²) in [6.45, 7) is -0.0474. The van der Waals surface area contributed by atoms with Crippen molar-refractivity contribution < 1.29 is 36.2 Å². The monoisotopic (exact) mass is 575 g/mol. The van der Waals surface area contributed by atoms with Crippen LogP contribution < -0.4 is 14.2 Å². The molecule has 194 valence electrons. The van der Waals surface area contributed by atoms with Crippen LogP contribution in [0.15, 0.2) is 35.1 Å². The van der Waals surface area contributed by atoms with Crippen molar-refractivity contribution in [1.29, 1.82) is 0 Å². The standard InChI is InChI=1S/C24H23BrF5N3O3/c1-34-19-15(18-21(25)33-22(32-18)14-7-9-23(26,27)10-8-14)4-5-16(20(19)35-2)36-12-13-3-6-17(31-11-13)24(28,29)30/h3-6,11,14H,7-10,12H2,1-2H3,(H,32,33). The van der Waals surface area contributed by atoms with Crippen LogP contribution in [0.1, 0.15) is 48.7 Å². The zero-order chi connectivity index (χ0) is 26.1. The van der Waals surface area contributed by atoms with Gasteiger partial charge in [0.15, 0.2) is 11.5 Å². The molecule has 0 bridgehead atoms. The first kappa shape index (κ1) is 26.2. The van der Waals surface area contributed by atoms with Gasteiger partial charge in [0, 0.05) is 36.1 Å². The summed E-state index contributed by atoms with van der Waals surface area (Å²) in [7, 11) is 2.89. The maximum Gasteiger partial charge on any atom is 0.433 e. The Morgan fingerprint density at radius 3 is 2.33 bits per heavy atom. The van der Waals surface area contributed by atoms with Gasteiger partial charge in [-0.1, -0.05) is 6.07 Å². The van der Waals surface area contributed by atoms with Crippen molar-refractivity contribution in [2.45, 2.75) is 50.3 Å². The van der Waals surface area contributed by atoms with E-state index in [1.165, 1.54) is 20.3 Å². The Balaban J connectivity index is 1.57. The molecule has 0 unspecified atom stereocenters. The molecule has 36 heavy (non-hydrogen) atoms. The Hall–Kier alpha value is -2.89. The zero-order valence-electron chi connectivity index (χ0n) is 19.4. The first-order valence-corrected chi connectivity index (χ1v) is 11.8. The fraction of sp³-hybridized carbons (Fsp3) is 0.417. The molecule has 1 aliphatic carbocycles. The van der Waals surface area contributed by atoms with Crippen molar-refractivity contribution in [1.82, 2.24) is 15.0 Å². The minimum atomic E-state index is -4.52. The summed E-state index contributed by atoms with van der Waals surface area (Å²) in [5.41, 5.74) is 0.647. The first-order chi connectivity index (χ1) is 17.0. The number of imidazole rings is 1. The van der Waals surface area contributed by atoms with Crippen molar-refractivity contribution in [3.05, 3.63) is 52.1 Å². The van der Waals surface area contributed by atoms with Gasteiger partial charge in [-0.05, 0) is 47.0 Å². The van der Waals surface area contributed by atoms with E-state index in [2.05, 4.69) is 30.9 Å². The number of aromatic nitrogens is 3. The van der Waals surface area contributed by atoms with Crippen LogP contribution in [0, 0.1) is 0 Å². The number of rotatable bonds is 7. The predicted octanol–water partition coefficient (Wildman–Crippen LogP) is 7.14. The number of halogens is 6. The number of methoxy groups -OCH3 is 2. The second-order valence-corrected chi connectivity index (χ2v) is 9.19. The van der Waals surface area contributed by atoms with Gasteiger partial charge in [-0.2, -0.15) is 13.2 Å². The van der Waals surface area contributed by atoms with E-state index in [4.69, 9.17) is 14.2 Å². The molecule has 1 saturated carbocycles. The van der Waals surface area contributed by atoms with E-state index in [0.717, 1.165) is 12.3 Å². The number of hydrogen-bond acceptors (Lipinski definition) is 5. The Kier molecular flexibility index (Phi) is 7.44. The van der Waals surface area contributed by atoms with Crippen molar-refractivity contribution in [3.8, 4) is 28.5 Å². The molecular weight excluding hydrogens is 553 g/mol. The molecule has 2 heterocycles. The van der Waals surface area contributed by atoms with Gasteiger partial charge in [-0.3, -0.25) is 4.98 Å². The second kappa shape index (κ2) is 10.2. The van der Waals surface area contributed by atoms with Crippen LogP contribution in [0.2, 0.25) is 0 Å². The van der Waals surface area contributed by atoms with E-state index < -0.39 is 17.8 Å². The third-order valence-corrected chi connectivity index (χ3v) is 6.62. The summed E-state index contributed by atoms with van der Waals surface area (Å²) < 4.78 is 82.7. The number of H-pyrrole nitrogens is 1. The maximum atomic E-state index is 13.6. The predicted molar refractivity (Wildman–Crippen MR) is 125 cm³/mol. The van der Waals surface area contributed by atoms with E-state index in [-0.39, 0.29) is 31.1 Å². The van der Waals surface area contributed by atoms with Crippen molar-refractivity contribution >= 4 is 15.9 Å². The Bertz CT molecular complexity index is 1200. The summed E-state index contributed by atoms with van der Waals surface area (Å²) in [5, 5.41) is 0. The smallest absolute Gasteiger partial charge is 0.433 e. The summed E-state index contributed by atoms with van der Waals surface area (Å²) in [6.07, 6.45) is -3.11. The molecule has 0 amide bonds. The summed E-state index contributed by atoms with van der Waals surface area (Å²) in [6, 6.07) is 5.54. The lowest BCUT2D eigenvalue weighted by Crippen LogP contribution is -2.24. The lowest BCUT2D eigenvalue weighted by Gasteiger charge is -2.26. The highest BCUT2D eigenvalue weighted by atomic mass is 79.9. The van der Waals surface area contributed by atoms with Crippen LogP contribution in [-0.2, 0) is 12.8 Å². The zero-order valence-corrected chi connectivity index (χ0v) is 21.0. The van der Waals surface area contributed by atoms with Crippen LogP contribution >= 0.6 is 15.9 Å². The molecule has 1 aromatic carbocycles. The van der Waals surface area contributed by atoms with Crippen molar-refractivity contribution in [2.75, 3.05) is 14.2 Å². The SMILES string of the molecule is COc1c(OCc2ccc(C(F)(F)F)nc2)ccc(-c2[nH]c(C3CCC(F)(F)CC3)nc2Br)c1OC. The quantitative estimate of drug-likeness (QED) is 0.303. The molecule has 0 aliphatic heterocycles. The molecule has 0 spiro atoms. The molecule has 6 nitrogen and oxygen atoms in total. The molecule has 1 fully saturated rings. The number of hydrogen-bond donors (Lipinski definition) is 1. The Labute approximate surface area is 212 Å². The lowest BCUT2D eigenvalue weighted by molar-refractivity contribution is -0.141.